The van der Waals surface area contributed by atoms with Crippen LogP contribution in [0, 0.1) is 0 Å². The molecule has 0 aliphatic carbocycles. The summed E-state index contributed by atoms with van der Waals surface area (Å²) in [6, 6.07) is 14.0. The fraction of sp³-hybridized carbons (Fsp3) is 0.294. The summed E-state index contributed by atoms with van der Waals surface area (Å²) in [7, 11) is 3.30. The molecule has 1 unspecified atom stereocenters. The molecular formula is C17H19NO3. The van der Waals surface area contributed by atoms with Crippen LogP contribution >= 0.6 is 0 Å². The minimum absolute atomic E-state index is 0.360. The fourth-order valence-corrected chi connectivity index (χ4v) is 2.55. The van der Waals surface area contributed by atoms with Crippen LogP contribution in [0.25, 0.3) is 0 Å². The van der Waals surface area contributed by atoms with E-state index in [0.717, 1.165) is 29.5 Å². The maximum absolute atomic E-state index is 5.70. The third-order valence-corrected chi connectivity index (χ3v) is 3.70. The number of hydrogen-bond donors (Lipinski definition) is 1. The molecule has 0 saturated heterocycles. The summed E-state index contributed by atoms with van der Waals surface area (Å²) < 4.78 is 16.3. The summed E-state index contributed by atoms with van der Waals surface area (Å²) in [5, 5.41) is 3.44. The number of benzene rings is 2. The van der Waals surface area contributed by atoms with Gasteiger partial charge in [0.2, 0.25) is 0 Å². The van der Waals surface area contributed by atoms with Crippen molar-refractivity contribution in [1.29, 1.82) is 0 Å². The van der Waals surface area contributed by atoms with Crippen molar-refractivity contribution in [2.75, 3.05) is 32.7 Å². The van der Waals surface area contributed by atoms with Crippen LogP contribution in [0.15, 0.2) is 42.5 Å². The van der Waals surface area contributed by atoms with Crippen LogP contribution in [0.2, 0.25) is 0 Å². The van der Waals surface area contributed by atoms with Gasteiger partial charge in [0.25, 0.3) is 0 Å². The topological polar surface area (TPSA) is 39.7 Å². The molecule has 2 aromatic carbocycles. The molecule has 1 heterocycles. The Hall–Kier alpha value is -2.36. The molecule has 0 radical (unpaired) electrons. The average molecular weight is 285 g/mol. The van der Waals surface area contributed by atoms with Crippen LogP contribution in [0.3, 0.4) is 0 Å². The normalized spacial score (nSPS) is 16.0. The summed E-state index contributed by atoms with van der Waals surface area (Å²) in [5.74, 6) is 2.91. The predicted molar refractivity (Wildman–Crippen MR) is 82.7 cm³/mol. The van der Waals surface area contributed by atoms with Crippen LogP contribution in [0.4, 0.5) is 5.69 Å². The Morgan fingerprint density at radius 1 is 1.10 bits per heavy atom. The van der Waals surface area contributed by atoms with Crippen LogP contribution in [-0.4, -0.2) is 27.4 Å². The zero-order valence-corrected chi connectivity index (χ0v) is 12.3. The first-order chi connectivity index (χ1) is 10.3. The van der Waals surface area contributed by atoms with Crippen molar-refractivity contribution in [3.8, 4) is 17.2 Å². The third kappa shape index (κ3) is 2.89. The third-order valence-electron chi connectivity index (χ3n) is 3.70. The molecule has 0 spiro atoms. The van der Waals surface area contributed by atoms with Crippen molar-refractivity contribution in [3.63, 3.8) is 0 Å². The highest BCUT2D eigenvalue weighted by Crippen LogP contribution is 2.34. The number of rotatable bonds is 5. The van der Waals surface area contributed by atoms with Gasteiger partial charge in [-0.1, -0.05) is 18.2 Å². The first-order valence-corrected chi connectivity index (χ1v) is 6.99. The van der Waals surface area contributed by atoms with Gasteiger partial charge in [0.05, 0.1) is 20.8 Å². The fourth-order valence-electron chi connectivity index (χ4n) is 2.55. The number of anilines is 1. The number of para-hydroxylation sites is 1. The first-order valence-electron chi connectivity index (χ1n) is 6.99. The predicted octanol–water partition coefficient (Wildman–Crippen LogP) is 3.29. The average Bonchev–Trinajstić information content (AvgIpc) is 2.95. The highest BCUT2D eigenvalue weighted by molar-refractivity contribution is 5.54. The van der Waals surface area contributed by atoms with Gasteiger partial charge in [-0.05, 0) is 6.07 Å². The Bertz CT molecular complexity index is 605. The summed E-state index contributed by atoms with van der Waals surface area (Å²) >= 11 is 0. The summed E-state index contributed by atoms with van der Waals surface area (Å²) in [4.78, 5) is 0. The zero-order valence-electron chi connectivity index (χ0n) is 12.3. The molecule has 2 aromatic rings. The van der Waals surface area contributed by atoms with E-state index in [0.29, 0.717) is 12.5 Å². The van der Waals surface area contributed by atoms with Gasteiger partial charge < -0.3 is 19.5 Å². The number of methoxy groups -OCH3 is 2. The minimum Gasteiger partial charge on any atom is -0.497 e. The van der Waals surface area contributed by atoms with E-state index in [1.54, 1.807) is 14.2 Å². The molecule has 0 amide bonds. The smallest absolute Gasteiger partial charge is 0.124 e. The van der Waals surface area contributed by atoms with Crippen LogP contribution < -0.4 is 19.5 Å². The maximum Gasteiger partial charge on any atom is 0.124 e. The minimum atomic E-state index is 0.360. The quantitative estimate of drug-likeness (QED) is 0.915. The molecule has 1 aliphatic rings. The summed E-state index contributed by atoms with van der Waals surface area (Å²) in [5.41, 5.74) is 2.25. The Labute approximate surface area is 124 Å². The molecule has 0 fully saturated rings. The molecule has 21 heavy (non-hydrogen) atoms. The first kappa shape index (κ1) is 13.6. The van der Waals surface area contributed by atoms with E-state index in [1.807, 2.05) is 30.3 Å². The van der Waals surface area contributed by atoms with E-state index >= 15 is 0 Å². The Balaban J connectivity index is 1.71. The molecule has 0 aromatic heterocycles. The van der Waals surface area contributed by atoms with Crippen LogP contribution in [0.1, 0.15) is 11.5 Å². The maximum atomic E-state index is 5.70. The van der Waals surface area contributed by atoms with Crippen molar-refractivity contribution >= 4 is 5.69 Å². The summed E-state index contributed by atoms with van der Waals surface area (Å²) in [6.45, 7) is 1.53. The Morgan fingerprint density at radius 3 is 2.52 bits per heavy atom. The molecular weight excluding hydrogens is 266 g/mol. The highest BCUT2D eigenvalue weighted by Gasteiger charge is 2.23. The van der Waals surface area contributed by atoms with Crippen molar-refractivity contribution in [2.45, 2.75) is 5.92 Å². The molecule has 110 valence electrons. The van der Waals surface area contributed by atoms with Gasteiger partial charge in [0.1, 0.15) is 17.2 Å². The monoisotopic (exact) mass is 285 g/mol. The lowest BCUT2D eigenvalue weighted by Gasteiger charge is -2.13. The highest BCUT2D eigenvalue weighted by atomic mass is 16.5. The van der Waals surface area contributed by atoms with Crippen LogP contribution in [0.5, 0.6) is 17.2 Å². The zero-order chi connectivity index (χ0) is 14.7. The number of nitrogens with one attached hydrogen (secondary N) is 1. The second kappa shape index (κ2) is 5.95. The molecule has 1 aliphatic heterocycles. The largest absolute Gasteiger partial charge is 0.497 e. The lowest BCUT2D eigenvalue weighted by molar-refractivity contribution is 0.334. The molecule has 1 N–H and O–H groups in total. The lowest BCUT2D eigenvalue weighted by Crippen LogP contribution is -2.14. The van der Waals surface area contributed by atoms with Gasteiger partial charge in [-0.15, -0.1) is 0 Å². The Kier molecular flexibility index (Phi) is 3.86. The number of ether oxygens (including phenoxy) is 3. The van der Waals surface area contributed by atoms with E-state index < -0.39 is 0 Å². The van der Waals surface area contributed by atoms with Gasteiger partial charge in [0, 0.05) is 41.9 Å². The molecule has 0 saturated carbocycles. The molecule has 4 heteroatoms. The van der Waals surface area contributed by atoms with Crippen molar-refractivity contribution in [3.05, 3.63) is 48.0 Å². The van der Waals surface area contributed by atoms with Crippen molar-refractivity contribution in [2.24, 2.45) is 0 Å². The standard InChI is InChI=1S/C17H19NO3/c1-19-14-7-13(8-15(9-14)20-2)18-10-12-11-21-17-6-4-3-5-16(12)17/h3-9,12,18H,10-11H2,1-2H3. The van der Waals surface area contributed by atoms with E-state index in [2.05, 4.69) is 17.4 Å². The van der Waals surface area contributed by atoms with Gasteiger partial charge in [-0.3, -0.25) is 0 Å². The molecule has 1 atom stereocenters. The molecule has 3 rings (SSSR count). The van der Waals surface area contributed by atoms with Crippen LogP contribution in [-0.2, 0) is 0 Å². The Morgan fingerprint density at radius 2 is 1.81 bits per heavy atom. The van der Waals surface area contributed by atoms with E-state index in [9.17, 15) is 0 Å². The van der Waals surface area contributed by atoms with E-state index in [1.165, 1.54) is 5.56 Å². The second-order valence-corrected chi connectivity index (χ2v) is 5.03. The van der Waals surface area contributed by atoms with E-state index in [-0.39, 0.29) is 0 Å². The van der Waals surface area contributed by atoms with Gasteiger partial charge >= 0.3 is 0 Å². The van der Waals surface area contributed by atoms with Crippen molar-refractivity contribution in [1.82, 2.24) is 0 Å². The summed E-state index contributed by atoms with van der Waals surface area (Å²) in [6.07, 6.45) is 0. The molecule has 4 nitrogen and oxygen atoms in total. The van der Waals surface area contributed by atoms with E-state index in [4.69, 9.17) is 14.2 Å². The molecule has 0 bridgehead atoms. The van der Waals surface area contributed by atoms with Gasteiger partial charge in [-0.2, -0.15) is 0 Å². The van der Waals surface area contributed by atoms with Gasteiger partial charge in [-0.25, -0.2) is 0 Å². The van der Waals surface area contributed by atoms with Gasteiger partial charge in [0.15, 0.2) is 0 Å². The number of fused-ring (bicyclic) bond motifs is 1. The number of hydrogen-bond acceptors (Lipinski definition) is 4. The lowest BCUT2D eigenvalue weighted by atomic mass is 10.0. The SMILES string of the molecule is COc1cc(NCC2COc3ccccc32)cc(OC)c1. The van der Waals surface area contributed by atoms with Crippen molar-refractivity contribution < 1.29 is 14.2 Å². The second-order valence-electron chi connectivity index (χ2n) is 5.03.